The van der Waals surface area contributed by atoms with Crippen molar-refractivity contribution in [3.63, 3.8) is 0 Å². The monoisotopic (exact) mass is 724 g/mol. The molecule has 1 N–H and O–H groups in total. The van der Waals surface area contributed by atoms with Gasteiger partial charge in [-0.2, -0.15) is 0 Å². The Kier molecular flexibility index (Phi) is 8.04. The highest BCUT2D eigenvalue weighted by Crippen LogP contribution is 2.63. The number of allylic oxidation sites excluding steroid dienone is 3. The van der Waals surface area contributed by atoms with Crippen molar-refractivity contribution in [2.75, 3.05) is 24.0 Å². The largest absolute Gasteiger partial charge is 0.502 e. The zero-order chi connectivity index (χ0) is 35.0. The van der Waals surface area contributed by atoms with Crippen LogP contribution < -0.4 is 19.3 Å². The summed E-state index contributed by atoms with van der Waals surface area (Å²) in [5.41, 5.74) is 1.52. The van der Waals surface area contributed by atoms with Crippen LogP contribution in [-0.2, 0) is 19.2 Å². The van der Waals surface area contributed by atoms with Crippen molar-refractivity contribution in [2.24, 2.45) is 23.7 Å². The first-order valence-electron chi connectivity index (χ1n) is 15.3. The third-order valence-electron chi connectivity index (χ3n) is 10.0. The molecule has 2 aliphatic carbocycles. The number of imide groups is 2. The molecule has 13 heteroatoms. The first-order chi connectivity index (χ1) is 23.3. The maximum absolute atomic E-state index is 14.4. The molecule has 6 atom stereocenters. The Labute approximate surface area is 295 Å². The van der Waals surface area contributed by atoms with E-state index in [2.05, 4.69) is 0 Å². The molecule has 7 rings (SSSR count). The van der Waals surface area contributed by atoms with Gasteiger partial charge in [0.05, 0.1) is 37.4 Å². The number of carbonyl (C=O) groups is 4. The number of amides is 4. The number of anilines is 2. The van der Waals surface area contributed by atoms with Gasteiger partial charge in [-0.15, -0.1) is 23.2 Å². The Morgan fingerprint density at radius 2 is 1.45 bits per heavy atom. The smallest absolute Gasteiger partial charge is 0.258 e. The predicted molar refractivity (Wildman–Crippen MR) is 182 cm³/mol. The van der Waals surface area contributed by atoms with Gasteiger partial charge >= 0.3 is 0 Å². The summed E-state index contributed by atoms with van der Waals surface area (Å²) in [6.45, 7) is 0. The summed E-state index contributed by atoms with van der Waals surface area (Å²) in [7, 11) is 2.76. The Balaban J connectivity index is 1.37. The number of carbonyl (C=O) groups excluding carboxylic acids is 4. The zero-order valence-corrected chi connectivity index (χ0v) is 28.3. The number of fused-ring (bicyclic) bond motifs is 4. The van der Waals surface area contributed by atoms with Crippen molar-refractivity contribution < 1.29 is 38.1 Å². The van der Waals surface area contributed by atoms with E-state index >= 15 is 0 Å². The van der Waals surface area contributed by atoms with E-state index in [0.717, 1.165) is 21.9 Å². The molecule has 0 unspecified atom stereocenters. The second kappa shape index (κ2) is 11.9. The molecule has 4 aliphatic rings. The van der Waals surface area contributed by atoms with Crippen molar-refractivity contribution in [3.8, 4) is 17.2 Å². The summed E-state index contributed by atoms with van der Waals surface area (Å²) >= 11 is 20.8. The number of hydrogen-bond acceptors (Lipinski definition) is 7. The second-order valence-electron chi connectivity index (χ2n) is 12.4. The van der Waals surface area contributed by atoms with E-state index in [1.54, 1.807) is 48.6 Å². The number of benzene rings is 3. The summed E-state index contributed by atoms with van der Waals surface area (Å²) in [6, 6.07) is 14.2. The lowest BCUT2D eigenvalue weighted by atomic mass is 9.57. The van der Waals surface area contributed by atoms with Crippen LogP contribution in [0, 0.1) is 29.5 Å². The van der Waals surface area contributed by atoms with Crippen molar-refractivity contribution in [2.45, 2.75) is 22.6 Å². The average molecular weight is 726 g/mol. The van der Waals surface area contributed by atoms with E-state index in [-0.39, 0.29) is 35.8 Å². The Bertz CT molecular complexity index is 1960. The first-order valence-corrected chi connectivity index (χ1v) is 16.5. The van der Waals surface area contributed by atoms with Crippen molar-refractivity contribution in [3.05, 3.63) is 94.8 Å². The van der Waals surface area contributed by atoms with Crippen LogP contribution in [0.3, 0.4) is 0 Å². The topological polar surface area (TPSA) is 113 Å². The van der Waals surface area contributed by atoms with Crippen LogP contribution in [0.15, 0.2) is 78.4 Å². The molecule has 0 aromatic heterocycles. The molecular formula is C36H28Cl3FN2O7. The third-order valence-corrected chi connectivity index (χ3v) is 11.7. The molecule has 3 fully saturated rings. The van der Waals surface area contributed by atoms with Crippen molar-refractivity contribution in [1.82, 2.24) is 0 Å². The van der Waals surface area contributed by atoms with E-state index in [0.29, 0.717) is 21.8 Å². The fourth-order valence-electron chi connectivity index (χ4n) is 7.71. The highest BCUT2D eigenvalue weighted by molar-refractivity contribution is 6.58. The fraction of sp³-hybridized carbons (Fsp3) is 0.278. The van der Waals surface area contributed by atoms with Gasteiger partial charge in [0.1, 0.15) is 5.82 Å². The quantitative estimate of drug-likeness (QED) is 0.175. The Hall–Kier alpha value is -4.38. The van der Waals surface area contributed by atoms with E-state index in [1.807, 2.05) is 6.08 Å². The normalized spacial score (nSPS) is 29.2. The number of phenols is 1. The number of methoxy groups -OCH3 is 2. The standard InChI is InChI=1S/C36H28Cl3FN2O7/c1-48-27-15-18(16-28(49-2)30(27)43)3-14-26-23-12-13-24-29(32(45)41(31(24)44)21-8-4-19(37)5-9-21)25(23)17-35(38)33(46)42(34(47)36(26,35)39)22-10-6-20(40)7-11-22/h3-12,14-16,24-26,29,43H,13,17H2,1-2H3/t24-,25+,26-,29-,35+,36-/m0/s1. The van der Waals surface area contributed by atoms with Crippen molar-refractivity contribution in [1.29, 1.82) is 0 Å². The number of rotatable bonds is 6. The molecule has 1 saturated carbocycles. The van der Waals surface area contributed by atoms with Gasteiger partial charge in [-0.3, -0.25) is 24.1 Å². The molecule has 9 nitrogen and oxygen atoms in total. The molecule has 0 bridgehead atoms. The van der Waals surface area contributed by atoms with Gasteiger partial charge in [-0.1, -0.05) is 35.4 Å². The highest BCUT2D eigenvalue weighted by atomic mass is 35.5. The van der Waals surface area contributed by atoms with E-state index in [4.69, 9.17) is 44.3 Å². The van der Waals surface area contributed by atoms with E-state index < -0.39 is 62.9 Å². The number of halogens is 4. The molecule has 3 aromatic carbocycles. The maximum Gasteiger partial charge on any atom is 0.258 e. The zero-order valence-electron chi connectivity index (χ0n) is 26.0. The lowest BCUT2D eigenvalue weighted by Gasteiger charge is -2.49. The van der Waals surface area contributed by atoms with Gasteiger partial charge < -0.3 is 14.6 Å². The summed E-state index contributed by atoms with van der Waals surface area (Å²) in [4.78, 5) is 54.6. The summed E-state index contributed by atoms with van der Waals surface area (Å²) in [6.07, 6.45) is 5.04. The maximum atomic E-state index is 14.4. The number of hydrogen-bond donors (Lipinski definition) is 1. The summed E-state index contributed by atoms with van der Waals surface area (Å²) in [5.74, 6) is -6.45. The highest BCUT2D eigenvalue weighted by Gasteiger charge is 2.76. The van der Waals surface area contributed by atoms with Gasteiger partial charge in [0.2, 0.25) is 17.6 Å². The van der Waals surface area contributed by atoms with Crippen LogP contribution in [0.1, 0.15) is 18.4 Å². The number of phenolic OH excluding ortho intramolecular Hbond substituents is 1. The molecule has 0 radical (unpaired) electrons. The minimum atomic E-state index is -2.09. The lowest BCUT2D eigenvalue weighted by molar-refractivity contribution is -0.125. The molecular weight excluding hydrogens is 698 g/mol. The van der Waals surface area contributed by atoms with Crippen LogP contribution in [0.2, 0.25) is 5.02 Å². The summed E-state index contributed by atoms with van der Waals surface area (Å²) in [5, 5.41) is 10.9. The number of nitrogens with zero attached hydrogens (tertiary/aromatic N) is 2. The van der Waals surface area contributed by atoms with Crippen LogP contribution in [0.5, 0.6) is 17.2 Å². The van der Waals surface area contributed by atoms with E-state index in [1.165, 1.54) is 26.4 Å². The second-order valence-corrected chi connectivity index (χ2v) is 14.1. The Morgan fingerprint density at radius 1 is 0.857 bits per heavy atom. The molecule has 4 amide bonds. The average Bonchev–Trinajstić information content (AvgIpc) is 3.43. The van der Waals surface area contributed by atoms with E-state index in [9.17, 15) is 28.7 Å². The number of aromatic hydroxyl groups is 1. The van der Waals surface area contributed by atoms with Gasteiger partial charge in [0.15, 0.2) is 21.2 Å². The van der Waals surface area contributed by atoms with Gasteiger partial charge in [-0.05, 0) is 85.0 Å². The number of ether oxygens (including phenoxy) is 2. The van der Waals surface area contributed by atoms with Crippen molar-refractivity contribution >= 4 is 75.9 Å². The van der Waals surface area contributed by atoms with Gasteiger partial charge in [-0.25, -0.2) is 9.29 Å². The van der Waals surface area contributed by atoms with Crippen LogP contribution in [-0.4, -0.2) is 52.7 Å². The number of alkyl halides is 2. The van der Waals surface area contributed by atoms with Crippen LogP contribution in [0.4, 0.5) is 15.8 Å². The molecule has 2 saturated heterocycles. The minimum Gasteiger partial charge on any atom is -0.502 e. The molecule has 252 valence electrons. The summed E-state index contributed by atoms with van der Waals surface area (Å²) < 4.78 is 24.5. The van der Waals surface area contributed by atoms with Gasteiger partial charge in [0.25, 0.3) is 11.8 Å². The first kappa shape index (κ1) is 33.1. The molecule has 3 aromatic rings. The van der Waals surface area contributed by atoms with Crippen LogP contribution >= 0.6 is 34.8 Å². The third kappa shape index (κ3) is 4.79. The molecule has 0 spiro atoms. The lowest BCUT2D eigenvalue weighted by Crippen LogP contribution is -2.60. The van der Waals surface area contributed by atoms with Gasteiger partial charge in [0, 0.05) is 10.9 Å². The Morgan fingerprint density at radius 3 is 2.06 bits per heavy atom. The predicted octanol–water partition coefficient (Wildman–Crippen LogP) is 6.52. The fourth-order valence-corrected chi connectivity index (χ4v) is 8.73. The minimum absolute atomic E-state index is 0.0810. The molecule has 2 aliphatic heterocycles. The van der Waals surface area contributed by atoms with Crippen LogP contribution in [0.25, 0.3) is 6.08 Å². The molecule has 49 heavy (non-hydrogen) atoms. The SMILES string of the molecule is COc1cc(C=C[C@H]2C3=CC[C@@H]4C(=O)N(c5ccc(Cl)cc5)C(=O)[C@@H]4[C@@H]3C[C@@]3(Cl)C(=O)N(c4ccc(F)cc4)C(=O)[C@@]23Cl)cc(OC)c1O. The molecule has 2 heterocycles.